The molecule has 0 spiro atoms. The largest absolute Gasteiger partial charge is 0.481 e. The third-order valence-electron chi connectivity index (χ3n) is 3.74. The quantitative estimate of drug-likeness (QED) is 0.444. The number of carboxylic acid groups (broad SMARTS) is 1. The van der Waals surface area contributed by atoms with Gasteiger partial charge in [0.1, 0.15) is 6.10 Å². The van der Waals surface area contributed by atoms with Crippen molar-refractivity contribution in [3.05, 3.63) is 12.2 Å². The molecule has 3 N–H and O–H groups in total. The lowest BCUT2D eigenvalue weighted by atomic mass is 10.0. The molecule has 6 heteroatoms. The van der Waals surface area contributed by atoms with Crippen LogP contribution in [0.5, 0.6) is 0 Å². The molecule has 0 radical (unpaired) electrons. The van der Waals surface area contributed by atoms with Gasteiger partial charge in [0.05, 0.1) is 24.7 Å². The molecular weight excluding hydrogens is 288 g/mol. The lowest BCUT2D eigenvalue weighted by molar-refractivity contribution is -0.273. The molecule has 0 aromatic heterocycles. The molecule has 0 aliphatic carbocycles. The number of carbonyl (C=O) groups is 1. The first-order chi connectivity index (χ1) is 10.4. The van der Waals surface area contributed by atoms with Gasteiger partial charge in [-0.2, -0.15) is 0 Å². The first kappa shape index (κ1) is 19.1. The van der Waals surface area contributed by atoms with Crippen molar-refractivity contribution in [3.8, 4) is 0 Å². The van der Waals surface area contributed by atoms with E-state index in [0.29, 0.717) is 0 Å². The van der Waals surface area contributed by atoms with Crippen LogP contribution in [0.25, 0.3) is 0 Å². The molecule has 0 aromatic rings. The normalized spacial score (nSPS) is 30.5. The van der Waals surface area contributed by atoms with Crippen LogP contribution >= 0.6 is 0 Å². The molecule has 0 bridgehead atoms. The number of aliphatic carboxylic acids is 1. The van der Waals surface area contributed by atoms with E-state index in [9.17, 15) is 15.0 Å². The van der Waals surface area contributed by atoms with Crippen molar-refractivity contribution in [3.63, 3.8) is 0 Å². The van der Waals surface area contributed by atoms with E-state index in [4.69, 9.17) is 14.6 Å². The van der Waals surface area contributed by atoms with Crippen LogP contribution in [0.2, 0.25) is 0 Å². The molecule has 0 amide bonds. The summed E-state index contributed by atoms with van der Waals surface area (Å²) in [6.45, 7) is 3.70. The molecule has 5 atom stereocenters. The molecule has 1 fully saturated rings. The predicted octanol–water partition coefficient (Wildman–Crippen LogP) is 1.84. The number of ether oxygens (including phenoxy) is 2. The summed E-state index contributed by atoms with van der Waals surface area (Å²) in [6.07, 6.45) is 5.02. The van der Waals surface area contributed by atoms with E-state index in [1.54, 1.807) is 13.0 Å². The van der Waals surface area contributed by atoms with Gasteiger partial charge in [-0.25, -0.2) is 0 Å². The molecule has 1 rings (SSSR count). The van der Waals surface area contributed by atoms with Gasteiger partial charge in [-0.05, 0) is 33.1 Å². The Morgan fingerprint density at radius 3 is 2.73 bits per heavy atom. The van der Waals surface area contributed by atoms with Crippen molar-refractivity contribution in [1.82, 2.24) is 0 Å². The van der Waals surface area contributed by atoms with Gasteiger partial charge >= 0.3 is 5.97 Å². The molecule has 0 unspecified atom stereocenters. The van der Waals surface area contributed by atoms with E-state index >= 15 is 0 Å². The number of hydrogen-bond donors (Lipinski definition) is 3. The first-order valence-electron chi connectivity index (χ1n) is 7.94. The summed E-state index contributed by atoms with van der Waals surface area (Å²) < 4.78 is 11.2. The Bertz CT molecular complexity index is 357. The summed E-state index contributed by atoms with van der Waals surface area (Å²) in [5.41, 5.74) is 0. The van der Waals surface area contributed by atoms with Crippen LogP contribution in [0.3, 0.4) is 0 Å². The zero-order valence-electron chi connectivity index (χ0n) is 13.4. The highest BCUT2D eigenvalue weighted by Crippen LogP contribution is 2.23. The van der Waals surface area contributed by atoms with Gasteiger partial charge in [-0.3, -0.25) is 4.79 Å². The summed E-state index contributed by atoms with van der Waals surface area (Å²) in [4.78, 5) is 10.3. The van der Waals surface area contributed by atoms with Crippen LogP contribution in [0, 0.1) is 0 Å². The second-order valence-electron chi connectivity index (χ2n) is 5.88. The van der Waals surface area contributed by atoms with Crippen molar-refractivity contribution in [1.29, 1.82) is 0 Å². The van der Waals surface area contributed by atoms with Crippen LogP contribution in [0.1, 0.15) is 52.4 Å². The van der Waals surface area contributed by atoms with E-state index in [1.165, 1.54) is 0 Å². The zero-order valence-corrected chi connectivity index (χ0v) is 13.4. The molecule has 0 aromatic carbocycles. The molecule has 1 heterocycles. The van der Waals surface area contributed by atoms with Crippen molar-refractivity contribution in [2.75, 3.05) is 0 Å². The number of aliphatic hydroxyl groups excluding tert-OH is 2. The first-order valence-corrected chi connectivity index (χ1v) is 7.94. The minimum Gasteiger partial charge on any atom is -0.481 e. The van der Waals surface area contributed by atoms with E-state index in [0.717, 1.165) is 25.7 Å². The third-order valence-corrected chi connectivity index (χ3v) is 3.74. The Balaban J connectivity index is 2.14. The highest BCUT2D eigenvalue weighted by Gasteiger charge is 2.35. The van der Waals surface area contributed by atoms with Crippen LogP contribution < -0.4 is 0 Å². The number of rotatable bonds is 9. The standard InChI is InChI=1S/C16H28O6/c1-11(8-6-4-3-5-7-9-15(19)20)21-16-14(18)10-13(17)12(2)22-16/h5,7,11-14,16-18H,3-4,6,8-10H2,1-2H3,(H,19,20)/b7-5+/t11-,12+,13-,14-,16-/m1/s1. The maximum atomic E-state index is 10.3. The summed E-state index contributed by atoms with van der Waals surface area (Å²) in [5, 5.41) is 27.9. The number of hydrogen-bond acceptors (Lipinski definition) is 5. The van der Waals surface area contributed by atoms with Crippen molar-refractivity contribution in [2.45, 2.75) is 83.1 Å². The summed E-state index contributed by atoms with van der Waals surface area (Å²) in [5.74, 6) is -0.816. The summed E-state index contributed by atoms with van der Waals surface area (Å²) >= 11 is 0. The fourth-order valence-electron chi connectivity index (χ4n) is 2.36. The lowest BCUT2D eigenvalue weighted by Crippen LogP contribution is -2.48. The fourth-order valence-corrected chi connectivity index (χ4v) is 2.36. The Labute approximate surface area is 131 Å². The van der Waals surface area contributed by atoms with E-state index < -0.39 is 24.5 Å². The molecule has 1 aliphatic heterocycles. The van der Waals surface area contributed by atoms with Gasteiger partial charge in [-0.15, -0.1) is 0 Å². The SMILES string of the molecule is C[C@H](CCCC/C=C/CC(=O)O)O[C@@H]1O[C@@H](C)[C@H](O)C[C@H]1O. The average Bonchev–Trinajstić information content (AvgIpc) is 2.43. The Morgan fingerprint density at radius 1 is 1.32 bits per heavy atom. The summed E-state index contributed by atoms with van der Waals surface area (Å²) in [7, 11) is 0. The van der Waals surface area contributed by atoms with Gasteiger partial charge in [0.15, 0.2) is 6.29 Å². The van der Waals surface area contributed by atoms with Gasteiger partial charge in [-0.1, -0.05) is 18.6 Å². The Morgan fingerprint density at radius 2 is 2.05 bits per heavy atom. The highest BCUT2D eigenvalue weighted by molar-refractivity contribution is 5.68. The molecule has 22 heavy (non-hydrogen) atoms. The second kappa shape index (κ2) is 9.94. The Kier molecular flexibility index (Phi) is 8.63. The Hall–Kier alpha value is -0.950. The smallest absolute Gasteiger partial charge is 0.307 e. The number of allylic oxidation sites excluding steroid dienone is 1. The van der Waals surface area contributed by atoms with Crippen molar-refractivity contribution < 1.29 is 29.6 Å². The molecule has 1 saturated heterocycles. The highest BCUT2D eigenvalue weighted by atomic mass is 16.7. The lowest BCUT2D eigenvalue weighted by Gasteiger charge is -2.36. The van der Waals surface area contributed by atoms with Crippen molar-refractivity contribution >= 4 is 5.97 Å². The van der Waals surface area contributed by atoms with Gasteiger partial charge in [0, 0.05) is 6.42 Å². The van der Waals surface area contributed by atoms with Crippen molar-refractivity contribution in [2.24, 2.45) is 0 Å². The maximum Gasteiger partial charge on any atom is 0.307 e. The van der Waals surface area contributed by atoms with Crippen LogP contribution in [-0.2, 0) is 14.3 Å². The fraction of sp³-hybridized carbons (Fsp3) is 0.812. The maximum absolute atomic E-state index is 10.3. The average molecular weight is 316 g/mol. The van der Waals surface area contributed by atoms with Gasteiger partial charge < -0.3 is 24.8 Å². The summed E-state index contributed by atoms with van der Waals surface area (Å²) in [6, 6.07) is 0. The minimum atomic E-state index is -0.816. The van der Waals surface area contributed by atoms with Crippen LogP contribution in [0.15, 0.2) is 12.2 Å². The van der Waals surface area contributed by atoms with Crippen LogP contribution in [-0.4, -0.2) is 52.0 Å². The predicted molar refractivity (Wildman–Crippen MR) is 81.4 cm³/mol. The van der Waals surface area contributed by atoms with Gasteiger partial charge in [0.2, 0.25) is 0 Å². The van der Waals surface area contributed by atoms with Gasteiger partial charge in [0.25, 0.3) is 0 Å². The minimum absolute atomic E-state index is 0.0370. The number of aliphatic hydroxyl groups is 2. The molecule has 128 valence electrons. The van der Waals surface area contributed by atoms with E-state index in [1.807, 2.05) is 13.0 Å². The molecule has 6 nitrogen and oxygen atoms in total. The van der Waals surface area contributed by atoms with E-state index in [-0.39, 0.29) is 25.0 Å². The van der Waals surface area contributed by atoms with Crippen LogP contribution in [0.4, 0.5) is 0 Å². The van der Waals surface area contributed by atoms with E-state index in [2.05, 4.69) is 0 Å². The topological polar surface area (TPSA) is 96.2 Å². The molecule has 0 saturated carbocycles. The monoisotopic (exact) mass is 316 g/mol. The molecule has 1 aliphatic rings. The molecular formula is C16H28O6. The second-order valence-corrected chi connectivity index (χ2v) is 5.88. The third kappa shape index (κ3) is 7.35. The zero-order chi connectivity index (χ0) is 16.5. The number of carboxylic acids is 1. The number of unbranched alkanes of at least 4 members (excludes halogenated alkanes) is 2.